The summed E-state index contributed by atoms with van der Waals surface area (Å²) in [4.78, 5) is 29.6. The number of nitrogens with one attached hydrogen (secondary N) is 1. The van der Waals surface area contributed by atoms with Gasteiger partial charge >= 0.3 is 0 Å². The fraction of sp³-hybridized carbons (Fsp3) is 0.353. The Kier molecular flexibility index (Phi) is 4.17. The van der Waals surface area contributed by atoms with Crippen LogP contribution in [0.3, 0.4) is 0 Å². The number of aromatic nitrogens is 1. The summed E-state index contributed by atoms with van der Waals surface area (Å²) in [5.41, 5.74) is 4.03. The van der Waals surface area contributed by atoms with E-state index in [1.165, 1.54) is 23.8 Å². The van der Waals surface area contributed by atoms with Crippen molar-refractivity contribution in [2.75, 3.05) is 10.2 Å². The van der Waals surface area contributed by atoms with Gasteiger partial charge in [-0.25, -0.2) is 4.98 Å². The molecule has 0 bridgehead atoms. The summed E-state index contributed by atoms with van der Waals surface area (Å²) in [5, 5.41) is 5.23. The summed E-state index contributed by atoms with van der Waals surface area (Å²) in [6, 6.07) is 6.28. The first kappa shape index (κ1) is 15.7. The molecule has 6 heteroatoms. The molecular formula is C17H19N3O2S. The zero-order valence-electron chi connectivity index (χ0n) is 13.4. The van der Waals surface area contributed by atoms with Crippen LogP contribution in [0.25, 0.3) is 11.3 Å². The zero-order valence-corrected chi connectivity index (χ0v) is 14.2. The van der Waals surface area contributed by atoms with Crippen LogP contribution >= 0.6 is 11.3 Å². The Hall–Kier alpha value is -2.21. The average molecular weight is 329 g/mol. The van der Waals surface area contributed by atoms with Gasteiger partial charge in [0.25, 0.3) is 0 Å². The van der Waals surface area contributed by atoms with E-state index in [0.717, 1.165) is 23.4 Å². The number of amides is 2. The van der Waals surface area contributed by atoms with Crippen LogP contribution in [0.2, 0.25) is 0 Å². The van der Waals surface area contributed by atoms with Crippen LogP contribution < -0.4 is 10.2 Å². The lowest BCUT2D eigenvalue weighted by Gasteiger charge is -2.22. The molecule has 5 nitrogen and oxygen atoms in total. The van der Waals surface area contributed by atoms with E-state index in [0.29, 0.717) is 11.6 Å². The normalized spacial score (nSPS) is 16.3. The molecule has 2 aromatic rings. The molecule has 120 valence electrons. The van der Waals surface area contributed by atoms with Crippen molar-refractivity contribution in [1.82, 2.24) is 4.98 Å². The quantitative estimate of drug-likeness (QED) is 0.938. The molecule has 1 unspecified atom stereocenters. The molecule has 2 amide bonds. The van der Waals surface area contributed by atoms with E-state index in [9.17, 15) is 9.59 Å². The highest BCUT2D eigenvalue weighted by atomic mass is 32.1. The summed E-state index contributed by atoms with van der Waals surface area (Å²) in [6.07, 6.45) is 1.37. The van der Waals surface area contributed by atoms with Crippen LogP contribution in [0, 0.1) is 0 Å². The van der Waals surface area contributed by atoms with Crippen molar-refractivity contribution >= 4 is 34.0 Å². The van der Waals surface area contributed by atoms with Crippen LogP contribution in [0.5, 0.6) is 0 Å². The Balaban J connectivity index is 1.90. The molecule has 0 saturated heterocycles. The Morgan fingerprint density at radius 1 is 1.43 bits per heavy atom. The van der Waals surface area contributed by atoms with Crippen LogP contribution in [0.1, 0.15) is 32.8 Å². The molecule has 23 heavy (non-hydrogen) atoms. The maximum atomic E-state index is 12.1. The SMILES string of the molecule is CCC(=O)N1c2ccc(-c3csc(NC(C)=O)n3)cc2CC1C. The topological polar surface area (TPSA) is 62.3 Å². The summed E-state index contributed by atoms with van der Waals surface area (Å²) < 4.78 is 0. The van der Waals surface area contributed by atoms with Crippen molar-refractivity contribution < 1.29 is 9.59 Å². The first-order valence-corrected chi connectivity index (χ1v) is 8.56. The minimum atomic E-state index is -0.123. The Morgan fingerprint density at radius 3 is 2.91 bits per heavy atom. The van der Waals surface area contributed by atoms with Gasteiger partial charge in [0.2, 0.25) is 11.8 Å². The van der Waals surface area contributed by atoms with Gasteiger partial charge in [0, 0.05) is 36.0 Å². The van der Waals surface area contributed by atoms with Crippen LogP contribution in [-0.4, -0.2) is 22.8 Å². The number of hydrogen-bond donors (Lipinski definition) is 1. The molecule has 2 heterocycles. The van der Waals surface area contributed by atoms with E-state index in [4.69, 9.17) is 0 Å². The molecule has 1 atom stereocenters. The number of carbonyl (C=O) groups is 2. The minimum Gasteiger partial charge on any atom is -0.309 e. The first-order chi connectivity index (χ1) is 11.0. The number of anilines is 2. The predicted molar refractivity (Wildman–Crippen MR) is 92.8 cm³/mol. The lowest BCUT2D eigenvalue weighted by Crippen LogP contribution is -2.35. The molecule has 1 aromatic heterocycles. The van der Waals surface area contributed by atoms with Gasteiger partial charge in [0.05, 0.1) is 5.69 Å². The molecule has 0 aliphatic carbocycles. The van der Waals surface area contributed by atoms with Crippen LogP contribution in [0.4, 0.5) is 10.8 Å². The summed E-state index contributed by atoms with van der Waals surface area (Å²) in [6.45, 7) is 5.43. The van der Waals surface area contributed by atoms with E-state index < -0.39 is 0 Å². The molecule has 0 radical (unpaired) electrons. The molecule has 0 spiro atoms. The number of nitrogens with zero attached hydrogens (tertiary/aromatic N) is 2. The van der Waals surface area contributed by atoms with E-state index in [2.05, 4.69) is 23.3 Å². The Labute approximate surface area is 139 Å². The number of thiazole rings is 1. The monoisotopic (exact) mass is 329 g/mol. The lowest BCUT2D eigenvalue weighted by atomic mass is 10.1. The number of rotatable bonds is 3. The second-order valence-electron chi connectivity index (χ2n) is 5.73. The molecule has 1 N–H and O–H groups in total. The average Bonchev–Trinajstić information content (AvgIpc) is 3.08. The molecular weight excluding hydrogens is 310 g/mol. The zero-order chi connectivity index (χ0) is 16.6. The third-order valence-corrected chi connectivity index (χ3v) is 4.71. The maximum absolute atomic E-state index is 12.1. The van der Waals surface area contributed by atoms with Crippen molar-refractivity contribution in [3.05, 3.63) is 29.1 Å². The first-order valence-electron chi connectivity index (χ1n) is 7.68. The molecule has 1 aromatic carbocycles. The molecule has 0 saturated carbocycles. The number of carbonyl (C=O) groups excluding carboxylic acids is 2. The van der Waals surface area contributed by atoms with Gasteiger partial charge in [0.15, 0.2) is 5.13 Å². The van der Waals surface area contributed by atoms with Crippen molar-refractivity contribution in [2.45, 2.75) is 39.7 Å². The van der Waals surface area contributed by atoms with Crippen molar-refractivity contribution in [3.8, 4) is 11.3 Å². The largest absolute Gasteiger partial charge is 0.309 e. The Bertz CT molecular complexity index is 769. The second kappa shape index (κ2) is 6.12. The van der Waals surface area contributed by atoms with Crippen molar-refractivity contribution in [2.24, 2.45) is 0 Å². The Morgan fingerprint density at radius 2 is 2.22 bits per heavy atom. The van der Waals surface area contributed by atoms with Crippen molar-refractivity contribution in [1.29, 1.82) is 0 Å². The van der Waals surface area contributed by atoms with Gasteiger partial charge < -0.3 is 10.2 Å². The van der Waals surface area contributed by atoms with Gasteiger partial charge in [-0.1, -0.05) is 13.0 Å². The van der Waals surface area contributed by atoms with E-state index in [1.54, 1.807) is 0 Å². The van der Waals surface area contributed by atoms with Gasteiger partial charge in [-0.15, -0.1) is 11.3 Å². The predicted octanol–water partition coefficient (Wildman–Crippen LogP) is 3.46. The van der Waals surface area contributed by atoms with Gasteiger partial charge in [-0.05, 0) is 31.0 Å². The third-order valence-electron chi connectivity index (χ3n) is 3.95. The highest BCUT2D eigenvalue weighted by Gasteiger charge is 2.30. The number of benzene rings is 1. The second-order valence-corrected chi connectivity index (χ2v) is 6.59. The highest BCUT2D eigenvalue weighted by Crippen LogP contribution is 2.36. The lowest BCUT2D eigenvalue weighted by molar-refractivity contribution is -0.118. The fourth-order valence-corrected chi connectivity index (χ4v) is 3.72. The molecule has 1 aliphatic heterocycles. The standard InChI is InChI=1S/C17H19N3O2S/c1-4-16(22)20-10(2)7-13-8-12(5-6-15(13)20)14-9-23-17(19-14)18-11(3)21/h5-6,8-10H,4,7H2,1-3H3,(H,18,19,21). The summed E-state index contributed by atoms with van der Waals surface area (Å²) in [5.74, 6) is 0.0352. The third kappa shape index (κ3) is 2.99. The molecule has 1 aliphatic rings. The number of hydrogen-bond acceptors (Lipinski definition) is 4. The van der Waals surface area contributed by atoms with E-state index in [-0.39, 0.29) is 17.9 Å². The summed E-state index contributed by atoms with van der Waals surface area (Å²) >= 11 is 1.41. The van der Waals surface area contributed by atoms with Gasteiger partial charge in [-0.2, -0.15) is 0 Å². The smallest absolute Gasteiger partial charge is 0.226 e. The highest BCUT2D eigenvalue weighted by molar-refractivity contribution is 7.14. The maximum Gasteiger partial charge on any atom is 0.226 e. The van der Waals surface area contributed by atoms with E-state index >= 15 is 0 Å². The van der Waals surface area contributed by atoms with E-state index in [1.807, 2.05) is 29.3 Å². The number of fused-ring (bicyclic) bond motifs is 1. The van der Waals surface area contributed by atoms with Gasteiger partial charge in [0.1, 0.15) is 0 Å². The van der Waals surface area contributed by atoms with Gasteiger partial charge in [-0.3, -0.25) is 9.59 Å². The van der Waals surface area contributed by atoms with Crippen LogP contribution in [0.15, 0.2) is 23.6 Å². The van der Waals surface area contributed by atoms with Crippen molar-refractivity contribution in [3.63, 3.8) is 0 Å². The van der Waals surface area contributed by atoms with Crippen LogP contribution in [-0.2, 0) is 16.0 Å². The molecule has 0 fully saturated rings. The molecule has 3 rings (SSSR count). The minimum absolute atomic E-state index is 0.123. The fourth-order valence-electron chi connectivity index (χ4n) is 2.96. The summed E-state index contributed by atoms with van der Waals surface area (Å²) in [7, 11) is 0.